The summed E-state index contributed by atoms with van der Waals surface area (Å²) in [6.07, 6.45) is 4.04. The first-order valence-corrected chi connectivity index (χ1v) is 8.09. The molecule has 1 unspecified atom stereocenters. The van der Waals surface area contributed by atoms with Crippen LogP contribution in [-0.4, -0.2) is 41.9 Å². The van der Waals surface area contributed by atoms with Crippen LogP contribution >= 0.6 is 0 Å². The molecule has 1 fully saturated rings. The van der Waals surface area contributed by atoms with Crippen LogP contribution in [-0.2, 0) is 16.6 Å². The molecule has 2 rings (SSSR count). The topological polar surface area (TPSA) is 81.2 Å². The molecule has 1 aromatic rings. The minimum atomic E-state index is -3.45. The van der Waals surface area contributed by atoms with E-state index in [1.807, 2.05) is 4.57 Å². The van der Waals surface area contributed by atoms with Gasteiger partial charge in [0.2, 0.25) is 0 Å². The van der Waals surface area contributed by atoms with Crippen molar-refractivity contribution in [3.05, 3.63) is 12.5 Å². The zero-order chi connectivity index (χ0) is 14.0. The predicted octanol–water partition coefficient (Wildman–Crippen LogP) is 0.508. The zero-order valence-electron chi connectivity index (χ0n) is 11.5. The van der Waals surface area contributed by atoms with Crippen LogP contribution in [0.5, 0.6) is 0 Å². The van der Waals surface area contributed by atoms with E-state index in [0.29, 0.717) is 25.6 Å². The molecule has 0 spiro atoms. The Balaban J connectivity index is 2.14. The molecule has 0 saturated carbocycles. The number of rotatable bonds is 5. The lowest BCUT2D eigenvalue weighted by Crippen LogP contribution is -2.30. The molecule has 0 aromatic carbocycles. The van der Waals surface area contributed by atoms with Crippen molar-refractivity contribution >= 4 is 10.0 Å². The molecule has 7 heteroatoms. The first-order chi connectivity index (χ1) is 8.93. The molecule has 2 heterocycles. The lowest BCUT2D eigenvalue weighted by molar-refractivity contribution is 0.456. The average molecular weight is 286 g/mol. The lowest BCUT2D eigenvalue weighted by atomic mass is 10.1. The standard InChI is InChI=1S/C12H22N4O2S/c1-10(2)6-15-8-12(14-9-15)19(17,18)16-4-3-11(5-13)7-16/h8-11H,3-7,13H2,1-2H3. The van der Waals surface area contributed by atoms with E-state index in [-0.39, 0.29) is 10.9 Å². The van der Waals surface area contributed by atoms with Gasteiger partial charge in [0, 0.05) is 25.8 Å². The van der Waals surface area contributed by atoms with Crippen molar-refractivity contribution in [1.82, 2.24) is 13.9 Å². The van der Waals surface area contributed by atoms with Crippen LogP contribution in [0.1, 0.15) is 20.3 Å². The number of hydrogen-bond acceptors (Lipinski definition) is 4. The summed E-state index contributed by atoms with van der Waals surface area (Å²) in [6, 6.07) is 0. The maximum absolute atomic E-state index is 12.4. The van der Waals surface area contributed by atoms with Gasteiger partial charge in [-0.15, -0.1) is 0 Å². The Kier molecular flexibility index (Phi) is 4.27. The summed E-state index contributed by atoms with van der Waals surface area (Å²) >= 11 is 0. The van der Waals surface area contributed by atoms with E-state index in [1.54, 1.807) is 12.5 Å². The fourth-order valence-corrected chi connectivity index (χ4v) is 3.80. The molecule has 1 aromatic heterocycles. The van der Waals surface area contributed by atoms with E-state index in [2.05, 4.69) is 18.8 Å². The van der Waals surface area contributed by atoms with E-state index in [9.17, 15) is 8.42 Å². The van der Waals surface area contributed by atoms with Crippen molar-refractivity contribution < 1.29 is 8.42 Å². The monoisotopic (exact) mass is 286 g/mol. The summed E-state index contributed by atoms with van der Waals surface area (Å²) in [6.45, 7) is 6.53. The number of imidazole rings is 1. The maximum Gasteiger partial charge on any atom is 0.262 e. The maximum atomic E-state index is 12.4. The van der Waals surface area contributed by atoms with Gasteiger partial charge in [-0.2, -0.15) is 4.31 Å². The van der Waals surface area contributed by atoms with Crippen LogP contribution in [0, 0.1) is 11.8 Å². The number of nitrogens with zero attached hydrogens (tertiary/aromatic N) is 3. The molecule has 0 aliphatic carbocycles. The van der Waals surface area contributed by atoms with Crippen LogP contribution in [0.25, 0.3) is 0 Å². The summed E-state index contributed by atoms with van der Waals surface area (Å²) in [5.41, 5.74) is 5.60. The summed E-state index contributed by atoms with van der Waals surface area (Å²) < 4.78 is 28.1. The predicted molar refractivity (Wildman–Crippen MR) is 73.0 cm³/mol. The molecule has 1 saturated heterocycles. The SMILES string of the molecule is CC(C)Cn1cnc(S(=O)(=O)N2CCC(CN)C2)c1. The van der Waals surface area contributed by atoms with E-state index >= 15 is 0 Å². The Morgan fingerprint density at radius 3 is 2.84 bits per heavy atom. The molecule has 2 N–H and O–H groups in total. The van der Waals surface area contributed by atoms with Gasteiger partial charge in [0.25, 0.3) is 10.0 Å². The Hall–Kier alpha value is -0.920. The molecule has 6 nitrogen and oxygen atoms in total. The molecule has 1 aliphatic heterocycles. The molecule has 1 aliphatic rings. The van der Waals surface area contributed by atoms with Gasteiger partial charge in [-0.05, 0) is 24.8 Å². The Morgan fingerprint density at radius 1 is 1.53 bits per heavy atom. The fourth-order valence-electron chi connectivity index (χ4n) is 2.33. The van der Waals surface area contributed by atoms with Gasteiger partial charge in [-0.25, -0.2) is 13.4 Å². The molecule has 0 radical (unpaired) electrons. The second kappa shape index (κ2) is 5.60. The van der Waals surface area contributed by atoms with Gasteiger partial charge in [-0.3, -0.25) is 0 Å². The van der Waals surface area contributed by atoms with Crippen molar-refractivity contribution in [3.63, 3.8) is 0 Å². The summed E-state index contributed by atoms with van der Waals surface area (Å²) in [7, 11) is -3.45. The summed E-state index contributed by atoms with van der Waals surface area (Å²) in [5.74, 6) is 0.727. The third kappa shape index (κ3) is 3.16. The summed E-state index contributed by atoms with van der Waals surface area (Å²) in [4.78, 5) is 4.04. The average Bonchev–Trinajstić information content (AvgIpc) is 2.96. The van der Waals surface area contributed by atoms with Gasteiger partial charge < -0.3 is 10.3 Å². The van der Waals surface area contributed by atoms with Crippen molar-refractivity contribution in [3.8, 4) is 0 Å². The Labute approximate surface area is 114 Å². The minimum absolute atomic E-state index is 0.144. The summed E-state index contributed by atoms with van der Waals surface area (Å²) in [5, 5.41) is 0.144. The molecule has 108 valence electrons. The first kappa shape index (κ1) is 14.5. The third-order valence-corrected chi connectivity index (χ3v) is 5.12. The van der Waals surface area contributed by atoms with Crippen LogP contribution in [0.2, 0.25) is 0 Å². The van der Waals surface area contributed by atoms with Gasteiger partial charge >= 0.3 is 0 Å². The minimum Gasteiger partial charge on any atom is -0.336 e. The highest BCUT2D eigenvalue weighted by atomic mass is 32.2. The molecule has 1 atom stereocenters. The van der Waals surface area contributed by atoms with Gasteiger partial charge in [0.1, 0.15) is 0 Å². The molecular weight excluding hydrogens is 264 g/mol. The molecular formula is C12H22N4O2S. The van der Waals surface area contributed by atoms with Gasteiger partial charge in [0.15, 0.2) is 5.03 Å². The van der Waals surface area contributed by atoms with Crippen molar-refractivity contribution in [2.24, 2.45) is 17.6 Å². The lowest BCUT2D eigenvalue weighted by Gasteiger charge is -2.14. The number of hydrogen-bond donors (Lipinski definition) is 1. The van der Waals surface area contributed by atoms with E-state index in [4.69, 9.17) is 5.73 Å². The fraction of sp³-hybridized carbons (Fsp3) is 0.750. The van der Waals surface area contributed by atoms with E-state index in [1.165, 1.54) is 4.31 Å². The van der Waals surface area contributed by atoms with Crippen LogP contribution in [0.3, 0.4) is 0 Å². The zero-order valence-corrected chi connectivity index (χ0v) is 12.3. The van der Waals surface area contributed by atoms with Crippen LogP contribution < -0.4 is 5.73 Å². The highest BCUT2D eigenvalue weighted by Crippen LogP contribution is 2.22. The highest BCUT2D eigenvalue weighted by Gasteiger charge is 2.33. The van der Waals surface area contributed by atoms with E-state index < -0.39 is 10.0 Å². The van der Waals surface area contributed by atoms with Crippen LogP contribution in [0.15, 0.2) is 17.6 Å². The number of aromatic nitrogens is 2. The van der Waals surface area contributed by atoms with E-state index in [0.717, 1.165) is 13.0 Å². The molecule has 19 heavy (non-hydrogen) atoms. The smallest absolute Gasteiger partial charge is 0.262 e. The van der Waals surface area contributed by atoms with Gasteiger partial charge in [-0.1, -0.05) is 13.8 Å². The second-order valence-electron chi connectivity index (χ2n) is 5.56. The largest absolute Gasteiger partial charge is 0.336 e. The number of sulfonamides is 1. The van der Waals surface area contributed by atoms with Gasteiger partial charge in [0.05, 0.1) is 6.33 Å². The third-order valence-electron chi connectivity index (χ3n) is 3.37. The second-order valence-corrected chi connectivity index (χ2v) is 7.44. The van der Waals surface area contributed by atoms with Crippen LogP contribution in [0.4, 0.5) is 0 Å². The normalized spacial score (nSPS) is 21.4. The Morgan fingerprint density at radius 2 is 2.26 bits per heavy atom. The Bertz CT molecular complexity index is 524. The number of nitrogens with two attached hydrogens (primary N) is 1. The molecule has 0 amide bonds. The first-order valence-electron chi connectivity index (χ1n) is 6.65. The van der Waals surface area contributed by atoms with Crippen molar-refractivity contribution in [2.45, 2.75) is 31.8 Å². The molecule has 0 bridgehead atoms. The quantitative estimate of drug-likeness (QED) is 0.855. The highest BCUT2D eigenvalue weighted by molar-refractivity contribution is 7.89. The van der Waals surface area contributed by atoms with Crippen molar-refractivity contribution in [2.75, 3.05) is 19.6 Å². The van der Waals surface area contributed by atoms with Crippen molar-refractivity contribution in [1.29, 1.82) is 0 Å².